The Labute approximate surface area is 198 Å². The van der Waals surface area contributed by atoms with Crippen LogP contribution in [0, 0.1) is 5.92 Å². The summed E-state index contributed by atoms with van der Waals surface area (Å²) in [6.07, 6.45) is -0.384. The van der Waals surface area contributed by atoms with Gasteiger partial charge in [0.15, 0.2) is 12.0 Å². The van der Waals surface area contributed by atoms with Crippen LogP contribution in [0.15, 0.2) is 4.99 Å². The lowest BCUT2D eigenvalue weighted by molar-refractivity contribution is -0.145. The van der Waals surface area contributed by atoms with Crippen LogP contribution in [0.4, 0.5) is 0 Å². The highest BCUT2D eigenvalue weighted by Gasteiger charge is 2.33. The van der Waals surface area contributed by atoms with E-state index in [1.807, 2.05) is 0 Å². The first-order valence-corrected chi connectivity index (χ1v) is 11.2. The van der Waals surface area contributed by atoms with Crippen LogP contribution in [0.3, 0.4) is 0 Å². The van der Waals surface area contributed by atoms with Crippen LogP contribution in [0.2, 0.25) is 0 Å². The van der Waals surface area contributed by atoms with Gasteiger partial charge in [0.2, 0.25) is 17.7 Å². The van der Waals surface area contributed by atoms with E-state index in [1.54, 1.807) is 13.8 Å². The monoisotopic (exact) mass is 491 g/mol. The molecule has 0 aromatic rings. The Balaban J connectivity index is 5.57. The molecule has 0 bridgehead atoms. The number of hydrogen-bond acceptors (Lipinski definition) is 8. The fourth-order valence-electron chi connectivity index (χ4n) is 2.72. The summed E-state index contributed by atoms with van der Waals surface area (Å²) < 4.78 is 0. The topological polar surface area (TPSA) is 235 Å². The number of carboxylic acid groups (broad SMARTS) is 1. The minimum absolute atomic E-state index is 0.0575. The molecule has 0 aliphatic carbocycles. The standard InChI is InChI=1S/C19H37N7O6S/c1-4-9(2)13(17(30)26-14(10(3)27)18(31)32)25-16(29)12(6-5-7-23-19(21)22)24-15(28)11(20)8-33/h9-14,27,33H,4-8,20H2,1-3H3,(H,24,28)(H,25,29)(H,26,30)(H,31,32)(H4,21,22,23). The fraction of sp³-hybridized carbons (Fsp3) is 0.737. The molecule has 0 rings (SSSR count). The summed E-state index contributed by atoms with van der Waals surface area (Å²) in [6.45, 7) is 4.93. The van der Waals surface area contributed by atoms with Crippen LogP contribution < -0.4 is 33.2 Å². The molecule has 13 nitrogen and oxygen atoms in total. The van der Waals surface area contributed by atoms with Gasteiger partial charge in [-0.15, -0.1) is 0 Å². The van der Waals surface area contributed by atoms with Crippen molar-refractivity contribution in [3.63, 3.8) is 0 Å². The first kappa shape index (κ1) is 30.4. The Morgan fingerprint density at radius 1 is 1.00 bits per heavy atom. The first-order chi connectivity index (χ1) is 15.3. The van der Waals surface area contributed by atoms with Crippen molar-refractivity contribution < 1.29 is 29.4 Å². The fourth-order valence-corrected chi connectivity index (χ4v) is 2.89. The average molecular weight is 492 g/mol. The Morgan fingerprint density at radius 2 is 1.58 bits per heavy atom. The Kier molecular flexibility index (Phi) is 14.1. The highest BCUT2D eigenvalue weighted by atomic mass is 32.1. The zero-order valence-corrected chi connectivity index (χ0v) is 20.0. The van der Waals surface area contributed by atoms with E-state index in [0.29, 0.717) is 12.8 Å². The van der Waals surface area contributed by atoms with Gasteiger partial charge in [0.05, 0.1) is 12.1 Å². The molecule has 0 saturated heterocycles. The summed E-state index contributed by atoms with van der Waals surface area (Å²) >= 11 is 3.97. The van der Waals surface area contributed by atoms with Crippen LogP contribution in [-0.2, 0) is 19.2 Å². The van der Waals surface area contributed by atoms with E-state index < -0.39 is 54.0 Å². The molecule has 0 aromatic carbocycles. The molecular weight excluding hydrogens is 454 g/mol. The molecule has 6 atom stereocenters. The lowest BCUT2D eigenvalue weighted by Crippen LogP contribution is -2.59. The molecule has 14 heteroatoms. The minimum Gasteiger partial charge on any atom is -0.480 e. The van der Waals surface area contributed by atoms with Crippen LogP contribution >= 0.6 is 12.6 Å². The largest absolute Gasteiger partial charge is 0.480 e. The number of aliphatic hydroxyl groups excluding tert-OH is 1. The molecule has 0 aromatic heterocycles. The van der Waals surface area contributed by atoms with Crippen molar-refractivity contribution in [3.8, 4) is 0 Å². The van der Waals surface area contributed by atoms with Crippen molar-refractivity contribution in [2.24, 2.45) is 28.1 Å². The number of nitrogens with zero attached hydrogens (tertiary/aromatic N) is 1. The van der Waals surface area contributed by atoms with Gasteiger partial charge in [-0.05, 0) is 25.7 Å². The van der Waals surface area contributed by atoms with E-state index in [-0.39, 0.29) is 30.6 Å². The zero-order valence-electron chi connectivity index (χ0n) is 19.2. The Morgan fingerprint density at radius 3 is 2.03 bits per heavy atom. The predicted octanol–water partition coefficient (Wildman–Crippen LogP) is -2.74. The molecule has 33 heavy (non-hydrogen) atoms. The van der Waals surface area contributed by atoms with E-state index in [2.05, 4.69) is 33.6 Å². The summed E-state index contributed by atoms with van der Waals surface area (Å²) in [5.41, 5.74) is 16.2. The smallest absolute Gasteiger partial charge is 0.328 e. The quantitative estimate of drug-likeness (QED) is 0.0499. The van der Waals surface area contributed by atoms with Crippen molar-refractivity contribution in [1.29, 1.82) is 0 Å². The third kappa shape index (κ3) is 11.2. The second-order valence-electron chi connectivity index (χ2n) is 7.74. The maximum Gasteiger partial charge on any atom is 0.328 e. The van der Waals surface area contributed by atoms with Gasteiger partial charge in [0.1, 0.15) is 12.1 Å². The molecule has 6 unspecified atom stereocenters. The third-order valence-corrected chi connectivity index (χ3v) is 5.34. The molecular formula is C19H37N7O6S. The minimum atomic E-state index is -1.55. The second-order valence-corrected chi connectivity index (χ2v) is 8.10. The molecule has 0 aliphatic heterocycles. The number of nitrogens with one attached hydrogen (secondary N) is 3. The molecule has 0 saturated carbocycles. The number of rotatable bonds is 15. The summed E-state index contributed by atoms with van der Waals surface area (Å²) in [5, 5.41) is 26.2. The lowest BCUT2D eigenvalue weighted by atomic mass is 9.97. The van der Waals surface area contributed by atoms with Crippen LogP contribution in [0.25, 0.3) is 0 Å². The van der Waals surface area contributed by atoms with E-state index in [9.17, 15) is 29.4 Å². The number of amides is 3. The summed E-state index contributed by atoms with van der Waals surface area (Å²) in [6, 6.07) is -4.66. The summed E-state index contributed by atoms with van der Waals surface area (Å²) in [5.74, 6) is -3.89. The molecule has 11 N–H and O–H groups in total. The normalized spacial score (nSPS) is 16.3. The molecule has 190 valence electrons. The number of nitrogens with two attached hydrogens (primary N) is 3. The number of thiol groups is 1. The number of carbonyl (C=O) groups is 4. The Bertz CT molecular complexity index is 702. The van der Waals surface area contributed by atoms with Gasteiger partial charge in [-0.25, -0.2) is 4.79 Å². The number of guanidine groups is 1. The lowest BCUT2D eigenvalue weighted by Gasteiger charge is -2.28. The van der Waals surface area contributed by atoms with Crippen molar-refractivity contribution in [2.75, 3.05) is 12.3 Å². The summed E-state index contributed by atoms with van der Waals surface area (Å²) in [4.78, 5) is 53.1. The van der Waals surface area contributed by atoms with Crippen molar-refractivity contribution in [3.05, 3.63) is 0 Å². The number of aliphatic imine (C=N–C) groups is 1. The van der Waals surface area contributed by atoms with Crippen LogP contribution in [0.5, 0.6) is 0 Å². The van der Waals surface area contributed by atoms with Crippen molar-refractivity contribution in [2.45, 2.75) is 70.3 Å². The number of carbonyl (C=O) groups excluding carboxylic acids is 3. The van der Waals surface area contributed by atoms with Gasteiger partial charge in [-0.2, -0.15) is 12.6 Å². The van der Waals surface area contributed by atoms with Gasteiger partial charge in [-0.3, -0.25) is 19.4 Å². The first-order valence-electron chi connectivity index (χ1n) is 10.6. The number of hydrogen-bond donors (Lipinski definition) is 9. The summed E-state index contributed by atoms with van der Waals surface area (Å²) in [7, 11) is 0. The average Bonchev–Trinajstić information content (AvgIpc) is 2.75. The predicted molar refractivity (Wildman–Crippen MR) is 126 cm³/mol. The molecule has 0 spiro atoms. The molecule has 3 amide bonds. The van der Waals surface area contributed by atoms with Gasteiger partial charge in [-0.1, -0.05) is 20.3 Å². The number of aliphatic carboxylic acids is 1. The van der Waals surface area contributed by atoms with E-state index in [4.69, 9.17) is 17.2 Å². The van der Waals surface area contributed by atoms with Crippen molar-refractivity contribution >= 4 is 42.3 Å². The van der Waals surface area contributed by atoms with Gasteiger partial charge < -0.3 is 43.4 Å². The highest BCUT2D eigenvalue weighted by molar-refractivity contribution is 7.80. The number of carboxylic acids is 1. The van der Waals surface area contributed by atoms with Gasteiger partial charge >= 0.3 is 5.97 Å². The number of aliphatic hydroxyl groups is 1. The second kappa shape index (κ2) is 15.3. The van der Waals surface area contributed by atoms with Crippen molar-refractivity contribution in [1.82, 2.24) is 16.0 Å². The van der Waals surface area contributed by atoms with Gasteiger partial charge in [0, 0.05) is 12.3 Å². The maximum absolute atomic E-state index is 13.0. The van der Waals surface area contributed by atoms with E-state index in [0.717, 1.165) is 0 Å². The van der Waals surface area contributed by atoms with Crippen LogP contribution in [0.1, 0.15) is 40.0 Å². The molecule has 0 fully saturated rings. The molecule has 0 radical (unpaired) electrons. The maximum atomic E-state index is 13.0. The molecule has 0 heterocycles. The Hall–Kier alpha value is -2.58. The van der Waals surface area contributed by atoms with Gasteiger partial charge in [0.25, 0.3) is 0 Å². The van der Waals surface area contributed by atoms with E-state index in [1.165, 1.54) is 6.92 Å². The third-order valence-electron chi connectivity index (χ3n) is 4.95. The SMILES string of the molecule is CCC(C)C(NC(=O)C(CCCN=C(N)N)NC(=O)C(N)CS)C(=O)NC(C(=O)O)C(C)O. The zero-order chi connectivity index (χ0) is 25.7. The van der Waals surface area contributed by atoms with E-state index >= 15 is 0 Å². The highest BCUT2D eigenvalue weighted by Crippen LogP contribution is 2.10. The van der Waals surface area contributed by atoms with Crippen LogP contribution in [-0.4, -0.2) is 82.4 Å². The molecule has 0 aliphatic rings.